The van der Waals surface area contributed by atoms with Gasteiger partial charge in [0.05, 0.1) is 5.56 Å². The van der Waals surface area contributed by atoms with Gasteiger partial charge >= 0.3 is 6.18 Å². The van der Waals surface area contributed by atoms with Crippen molar-refractivity contribution in [3.8, 4) is 0 Å². The van der Waals surface area contributed by atoms with Crippen molar-refractivity contribution in [3.05, 3.63) is 52.5 Å². The van der Waals surface area contributed by atoms with E-state index in [1.807, 2.05) is 6.92 Å². The van der Waals surface area contributed by atoms with Gasteiger partial charge in [0.25, 0.3) is 0 Å². The Labute approximate surface area is 119 Å². The predicted octanol–water partition coefficient (Wildman–Crippen LogP) is 4.99. The monoisotopic (exact) mass is 300 g/mol. The van der Waals surface area contributed by atoms with Crippen LogP contribution in [0.3, 0.4) is 0 Å². The van der Waals surface area contributed by atoms with E-state index in [2.05, 4.69) is 5.32 Å². The van der Waals surface area contributed by atoms with Crippen LogP contribution in [-0.4, -0.2) is 0 Å². The van der Waals surface area contributed by atoms with Crippen LogP contribution in [0.15, 0.2) is 36.4 Å². The molecule has 0 aliphatic heterocycles. The first-order valence-electron chi connectivity index (χ1n) is 5.76. The topological polar surface area (TPSA) is 38.0 Å². The third kappa shape index (κ3) is 3.36. The Morgan fingerprint density at radius 1 is 1.05 bits per heavy atom. The molecule has 2 aromatic rings. The highest BCUT2D eigenvalue weighted by Gasteiger charge is 2.31. The van der Waals surface area contributed by atoms with Crippen LogP contribution in [0.4, 0.5) is 30.2 Å². The first-order chi connectivity index (χ1) is 9.25. The summed E-state index contributed by atoms with van der Waals surface area (Å²) in [5.41, 5.74) is 7.28. The fourth-order valence-corrected chi connectivity index (χ4v) is 1.95. The normalized spacial score (nSPS) is 11.4. The number of halogens is 4. The number of hydrogen-bond acceptors (Lipinski definition) is 2. The van der Waals surface area contributed by atoms with E-state index in [-0.39, 0.29) is 10.7 Å². The quantitative estimate of drug-likeness (QED) is 0.767. The predicted molar refractivity (Wildman–Crippen MR) is 75.3 cm³/mol. The minimum absolute atomic E-state index is 0.0161. The summed E-state index contributed by atoms with van der Waals surface area (Å²) >= 11 is 5.71. The van der Waals surface area contributed by atoms with Crippen molar-refractivity contribution in [1.29, 1.82) is 0 Å². The Balaban J connectivity index is 2.33. The smallest absolute Gasteiger partial charge is 0.398 e. The Kier molecular flexibility index (Phi) is 3.81. The van der Waals surface area contributed by atoms with Crippen molar-refractivity contribution >= 4 is 28.7 Å². The fraction of sp³-hybridized carbons (Fsp3) is 0.143. The summed E-state index contributed by atoms with van der Waals surface area (Å²) in [6.45, 7) is 1.85. The molecule has 3 N–H and O–H groups in total. The number of alkyl halides is 3. The van der Waals surface area contributed by atoms with Crippen LogP contribution in [0.25, 0.3) is 0 Å². The van der Waals surface area contributed by atoms with Gasteiger partial charge < -0.3 is 11.1 Å². The van der Waals surface area contributed by atoms with Crippen LogP contribution in [0.2, 0.25) is 5.02 Å². The third-order valence-corrected chi connectivity index (χ3v) is 3.01. The van der Waals surface area contributed by atoms with Gasteiger partial charge in [-0.2, -0.15) is 13.2 Å². The lowest BCUT2D eigenvalue weighted by Gasteiger charge is -2.12. The summed E-state index contributed by atoms with van der Waals surface area (Å²) in [5.74, 6) is 0. The molecule has 20 heavy (non-hydrogen) atoms. The number of benzene rings is 2. The molecule has 0 saturated heterocycles. The molecule has 0 aliphatic carbocycles. The molecule has 6 heteroatoms. The van der Waals surface area contributed by atoms with E-state index in [4.69, 9.17) is 17.3 Å². The van der Waals surface area contributed by atoms with Crippen molar-refractivity contribution in [3.63, 3.8) is 0 Å². The second-order valence-corrected chi connectivity index (χ2v) is 4.86. The van der Waals surface area contributed by atoms with Gasteiger partial charge in [0.2, 0.25) is 0 Å². The summed E-state index contributed by atoms with van der Waals surface area (Å²) in [6.07, 6.45) is -4.44. The average molecular weight is 301 g/mol. The molecule has 0 saturated carbocycles. The zero-order chi connectivity index (χ0) is 14.9. The Morgan fingerprint density at radius 3 is 2.35 bits per heavy atom. The molecule has 2 aromatic carbocycles. The molecule has 0 radical (unpaired) electrons. The lowest BCUT2D eigenvalue weighted by molar-refractivity contribution is -0.137. The van der Waals surface area contributed by atoms with Crippen molar-refractivity contribution in [2.24, 2.45) is 0 Å². The zero-order valence-corrected chi connectivity index (χ0v) is 11.3. The van der Waals surface area contributed by atoms with Crippen LogP contribution in [0.5, 0.6) is 0 Å². The largest absolute Gasteiger partial charge is 0.416 e. The van der Waals surface area contributed by atoms with Crippen LogP contribution >= 0.6 is 11.6 Å². The number of nitrogen functional groups attached to an aromatic ring is 1. The molecule has 0 aliphatic rings. The molecule has 0 bridgehead atoms. The maximum Gasteiger partial charge on any atom is 0.416 e. The van der Waals surface area contributed by atoms with E-state index in [0.29, 0.717) is 11.4 Å². The molecule has 2 nitrogen and oxygen atoms in total. The molecule has 0 spiro atoms. The van der Waals surface area contributed by atoms with Crippen LogP contribution in [0.1, 0.15) is 11.1 Å². The molecule has 0 aromatic heterocycles. The molecule has 0 amide bonds. The summed E-state index contributed by atoms with van der Waals surface area (Å²) in [5, 5.41) is 2.88. The maximum atomic E-state index is 12.7. The summed E-state index contributed by atoms with van der Waals surface area (Å²) in [6, 6.07) is 8.49. The standard InChI is InChI=1S/C14H12ClF3N2/c1-8-2-3-11(7-13(8)19)20-12-5-9(14(16,17)18)4-10(15)6-12/h2-7,20H,19H2,1H3. The van der Waals surface area contributed by atoms with Crippen LogP contribution < -0.4 is 11.1 Å². The molecule has 0 atom stereocenters. The van der Waals surface area contributed by atoms with Crippen molar-refractivity contribution in [1.82, 2.24) is 0 Å². The van der Waals surface area contributed by atoms with Gasteiger partial charge in [0, 0.05) is 22.1 Å². The van der Waals surface area contributed by atoms with Crippen molar-refractivity contribution < 1.29 is 13.2 Å². The van der Waals surface area contributed by atoms with E-state index in [1.165, 1.54) is 6.07 Å². The van der Waals surface area contributed by atoms with Gasteiger partial charge in [-0.3, -0.25) is 0 Å². The SMILES string of the molecule is Cc1ccc(Nc2cc(Cl)cc(C(F)(F)F)c2)cc1N. The fourth-order valence-electron chi connectivity index (χ4n) is 1.71. The molecule has 106 valence electrons. The molecule has 0 unspecified atom stereocenters. The lowest BCUT2D eigenvalue weighted by atomic mass is 10.1. The van der Waals surface area contributed by atoms with Gasteiger partial charge in [-0.25, -0.2) is 0 Å². The molecular weight excluding hydrogens is 289 g/mol. The third-order valence-electron chi connectivity index (χ3n) is 2.79. The highest BCUT2D eigenvalue weighted by molar-refractivity contribution is 6.31. The number of hydrogen-bond donors (Lipinski definition) is 2. The van der Waals surface area contributed by atoms with Gasteiger partial charge in [0.1, 0.15) is 0 Å². The lowest BCUT2D eigenvalue weighted by Crippen LogP contribution is -2.05. The van der Waals surface area contributed by atoms with Gasteiger partial charge in [0.15, 0.2) is 0 Å². The van der Waals surface area contributed by atoms with E-state index < -0.39 is 11.7 Å². The zero-order valence-electron chi connectivity index (χ0n) is 10.6. The summed E-state index contributed by atoms with van der Waals surface area (Å²) in [7, 11) is 0. The summed E-state index contributed by atoms with van der Waals surface area (Å²) < 4.78 is 38.1. The molecular formula is C14H12ClF3N2. The summed E-state index contributed by atoms with van der Waals surface area (Å²) in [4.78, 5) is 0. The molecule has 0 heterocycles. The first-order valence-corrected chi connectivity index (χ1v) is 6.14. The maximum absolute atomic E-state index is 12.7. The highest BCUT2D eigenvalue weighted by Crippen LogP contribution is 2.34. The number of aryl methyl sites for hydroxylation is 1. The minimum Gasteiger partial charge on any atom is -0.398 e. The minimum atomic E-state index is -4.44. The van der Waals surface area contributed by atoms with Crippen LogP contribution in [0, 0.1) is 6.92 Å². The first kappa shape index (κ1) is 14.5. The van der Waals surface area contributed by atoms with Crippen molar-refractivity contribution in [2.45, 2.75) is 13.1 Å². The van der Waals surface area contributed by atoms with Gasteiger partial charge in [-0.1, -0.05) is 17.7 Å². The Morgan fingerprint density at radius 2 is 1.75 bits per heavy atom. The highest BCUT2D eigenvalue weighted by atomic mass is 35.5. The second-order valence-electron chi connectivity index (χ2n) is 4.42. The average Bonchev–Trinajstić information content (AvgIpc) is 2.32. The number of rotatable bonds is 2. The van der Waals surface area contributed by atoms with Gasteiger partial charge in [-0.05, 0) is 42.8 Å². The molecule has 0 fully saturated rings. The Hall–Kier alpha value is -1.88. The van der Waals surface area contributed by atoms with E-state index >= 15 is 0 Å². The molecule has 2 rings (SSSR count). The number of anilines is 3. The van der Waals surface area contributed by atoms with E-state index in [9.17, 15) is 13.2 Å². The second kappa shape index (κ2) is 5.25. The van der Waals surface area contributed by atoms with Gasteiger partial charge in [-0.15, -0.1) is 0 Å². The van der Waals surface area contributed by atoms with Crippen molar-refractivity contribution in [2.75, 3.05) is 11.1 Å². The van der Waals surface area contributed by atoms with E-state index in [1.54, 1.807) is 18.2 Å². The number of nitrogens with two attached hydrogens (primary N) is 1. The Bertz CT molecular complexity index is 639. The van der Waals surface area contributed by atoms with Crippen LogP contribution in [-0.2, 0) is 6.18 Å². The van der Waals surface area contributed by atoms with E-state index in [0.717, 1.165) is 17.7 Å². The number of nitrogens with one attached hydrogen (secondary N) is 1.